The topological polar surface area (TPSA) is 86.7 Å². The van der Waals surface area contributed by atoms with Gasteiger partial charge in [-0.05, 0) is 0 Å². The number of amides is 2. The van der Waals surface area contributed by atoms with Gasteiger partial charge in [0.25, 0.3) is 0 Å². The molecule has 0 fully saturated rings. The molecule has 0 saturated heterocycles. The van der Waals surface area contributed by atoms with E-state index in [9.17, 15) is 14.4 Å². The van der Waals surface area contributed by atoms with Crippen LogP contribution in [0.25, 0.3) is 0 Å². The number of rotatable bonds is 3. The quantitative estimate of drug-likeness (QED) is 0.537. The van der Waals surface area contributed by atoms with E-state index in [4.69, 9.17) is 5.11 Å². The van der Waals surface area contributed by atoms with Gasteiger partial charge in [0.2, 0.25) is 5.91 Å². The minimum absolute atomic E-state index is 0.0438. The van der Waals surface area contributed by atoms with E-state index in [1.54, 1.807) is 14.1 Å². The van der Waals surface area contributed by atoms with Crippen LogP contribution in [-0.2, 0) is 14.4 Å². The Labute approximate surface area is 75.5 Å². The van der Waals surface area contributed by atoms with Gasteiger partial charge < -0.3 is 15.3 Å². The van der Waals surface area contributed by atoms with Crippen molar-refractivity contribution in [1.29, 1.82) is 0 Å². The summed E-state index contributed by atoms with van der Waals surface area (Å²) in [5, 5.41) is 10.2. The Morgan fingerprint density at radius 3 is 2.23 bits per heavy atom. The van der Waals surface area contributed by atoms with Crippen molar-refractivity contribution in [3.63, 3.8) is 0 Å². The highest BCUT2D eigenvalue weighted by atomic mass is 16.4. The molecular formula is C7H12N2O4. The van der Waals surface area contributed by atoms with Crippen LogP contribution in [0.15, 0.2) is 0 Å². The largest absolute Gasteiger partial charge is 0.474 e. The molecule has 0 aliphatic carbocycles. The smallest absolute Gasteiger partial charge is 0.394 e. The normalized spacial score (nSPS) is 9.08. The van der Waals surface area contributed by atoms with Gasteiger partial charge in [0.05, 0.1) is 0 Å². The van der Waals surface area contributed by atoms with Crippen molar-refractivity contribution < 1.29 is 19.5 Å². The van der Waals surface area contributed by atoms with E-state index in [-0.39, 0.29) is 18.9 Å². The van der Waals surface area contributed by atoms with Crippen LogP contribution in [-0.4, -0.2) is 48.4 Å². The second kappa shape index (κ2) is 5.13. The molecule has 0 aliphatic rings. The van der Waals surface area contributed by atoms with Gasteiger partial charge in [-0.2, -0.15) is 0 Å². The molecule has 74 valence electrons. The highest BCUT2D eigenvalue weighted by Crippen LogP contribution is 1.84. The zero-order valence-corrected chi connectivity index (χ0v) is 7.53. The summed E-state index contributed by atoms with van der Waals surface area (Å²) >= 11 is 0. The lowest BCUT2D eigenvalue weighted by Crippen LogP contribution is -2.34. The van der Waals surface area contributed by atoms with Crippen molar-refractivity contribution >= 4 is 17.8 Å². The molecule has 2 amide bonds. The van der Waals surface area contributed by atoms with E-state index < -0.39 is 11.9 Å². The van der Waals surface area contributed by atoms with Crippen molar-refractivity contribution in [3.05, 3.63) is 0 Å². The maximum atomic E-state index is 10.9. The molecule has 0 spiro atoms. The summed E-state index contributed by atoms with van der Waals surface area (Å²) in [5.41, 5.74) is 0. The van der Waals surface area contributed by atoms with Crippen LogP contribution in [0.2, 0.25) is 0 Å². The van der Waals surface area contributed by atoms with E-state index >= 15 is 0 Å². The molecule has 0 aliphatic heterocycles. The SMILES string of the molecule is CN(C)C(=O)CCNC(=O)C(=O)O. The molecule has 6 nitrogen and oxygen atoms in total. The molecule has 6 heteroatoms. The summed E-state index contributed by atoms with van der Waals surface area (Å²) in [5.74, 6) is -2.80. The molecule has 0 rings (SSSR count). The average Bonchev–Trinajstić information content (AvgIpc) is 2.03. The number of carboxylic acid groups (broad SMARTS) is 1. The molecule has 2 N–H and O–H groups in total. The fourth-order valence-electron chi connectivity index (χ4n) is 0.582. The standard InChI is InChI=1S/C7H12N2O4/c1-9(2)5(10)3-4-8-6(11)7(12)13/h3-4H2,1-2H3,(H,8,11)(H,12,13). The highest BCUT2D eigenvalue weighted by molar-refractivity contribution is 6.31. The highest BCUT2D eigenvalue weighted by Gasteiger charge is 2.10. The molecule has 0 heterocycles. The van der Waals surface area contributed by atoms with Crippen molar-refractivity contribution in [2.75, 3.05) is 20.6 Å². The first-order valence-corrected chi connectivity index (χ1v) is 3.66. The zero-order chi connectivity index (χ0) is 10.4. The van der Waals surface area contributed by atoms with Crippen LogP contribution in [0.1, 0.15) is 6.42 Å². The van der Waals surface area contributed by atoms with Gasteiger partial charge in [0.15, 0.2) is 0 Å². The van der Waals surface area contributed by atoms with Crippen molar-refractivity contribution in [3.8, 4) is 0 Å². The number of carbonyl (C=O) groups is 3. The molecule has 13 heavy (non-hydrogen) atoms. The molecule has 0 aromatic heterocycles. The Morgan fingerprint density at radius 1 is 1.31 bits per heavy atom. The Hall–Kier alpha value is -1.59. The zero-order valence-electron chi connectivity index (χ0n) is 7.53. The van der Waals surface area contributed by atoms with Crippen LogP contribution >= 0.6 is 0 Å². The summed E-state index contributed by atoms with van der Waals surface area (Å²) in [6, 6.07) is 0. The average molecular weight is 188 g/mol. The number of hydrogen-bond acceptors (Lipinski definition) is 3. The predicted molar refractivity (Wildman–Crippen MR) is 44.0 cm³/mol. The molecule has 0 radical (unpaired) electrons. The lowest BCUT2D eigenvalue weighted by atomic mass is 10.4. The molecule has 0 aromatic rings. The van der Waals surface area contributed by atoms with Crippen LogP contribution in [0.5, 0.6) is 0 Å². The first kappa shape index (κ1) is 11.4. The Morgan fingerprint density at radius 2 is 1.85 bits per heavy atom. The van der Waals surface area contributed by atoms with E-state index in [0.29, 0.717) is 0 Å². The molecular weight excluding hydrogens is 176 g/mol. The van der Waals surface area contributed by atoms with Gasteiger partial charge in [-0.1, -0.05) is 0 Å². The fraction of sp³-hybridized carbons (Fsp3) is 0.571. The number of hydrogen-bond donors (Lipinski definition) is 2. The van der Waals surface area contributed by atoms with Gasteiger partial charge >= 0.3 is 11.9 Å². The van der Waals surface area contributed by atoms with Gasteiger partial charge in [0.1, 0.15) is 0 Å². The molecule has 0 unspecified atom stereocenters. The van der Waals surface area contributed by atoms with Crippen LogP contribution < -0.4 is 5.32 Å². The monoisotopic (exact) mass is 188 g/mol. The number of carboxylic acids is 1. The maximum absolute atomic E-state index is 10.9. The molecule has 0 atom stereocenters. The summed E-state index contributed by atoms with van der Waals surface area (Å²) in [7, 11) is 3.17. The van der Waals surface area contributed by atoms with E-state index in [1.165, 1.54) is 4.90 Å². The number of aliphatic carboxylic acids is 1. The summed E-state index contributed by atoms with van der Waals surface area (Å²) < 4.78 is 0. The molecule has 0 bridgehead atoms. The van der Waals surface area contributed by atoms with E-state index in [0.717, 1.165) is 0 Å². The third-order valence-electron chi connectivity index (χ3n) is 1.32. The maximum Gasteiger partial charge on any atom is 0.394 e. The van der Waals surface area contributed by atoms with Crippen LogP contribution in [0.4, 0.5) is 0 Å². The fourth-order valence-corrected chi connectivity index (χ4v) is 0.582. The third-order valence-corrected chi connectivity index (χ3v) is 1.32. The van der Waals surface area contributed by atoms with Gasteiger partial charge in [-0.3, -0.25) is 9.59 Å². The Kier molecular flexibility index (Phi) is 4.50. The van der Waals surface area contributed by atoms with Crippen LogP contribution in [0.3, 0.4) is 0 Å². The van der Waals surface area contributed by atoms with Gasteiger partial charge in [-0.25, -0.2) is 4.79 Å². The van der Waals surface area contributed by atoms with Crippen molar-refractivity contribution in [2.45, 2.75) is 6.42 Å². The number of carbonyl (C=O) groups excluding carboxylic acids is 2. The van der Waals surface area contributed by atoms with Crippen molar-refractivity contribution in [2.24, 2.45) is 0 Å². The summed E-state index contributed by atoms with van der Waals surface area (Å²) in [6.45, 7) is 0.0438. The number of nitrogens with zero attached hydrogens (tertiary/aromatic N) is 1. The van der Waals surface area contributed by atoms with Crippen LogP contribution in [0, 0.1) is 0 Å². The second-order valence-electron chi connectivity index (χ2n) is 2.60. The minimum atomic E-state index is -1.54. The number of nitrogens with one attached hydrogen (secondary N) is 1. The first-order valence-electron chi connectivity index (χ1n) is 3.66. The van der Waals surface area contributed by atoms with Crippen molar-refractivity contribution in [1.82, 2.24) is 10.2 Å². The lowest BCUT2D eigenvalue weighted by molar-refractivity contribution is -0.150. The third kappa shape index (κ3) is 4.78. The predicted octanol–water partition coefficient (Wildman–Crippen LogP) is -1.33. The van der Waals surface area contributed by atoms with E-state index in [2.05, 4.69) is 5.32 Å². The minimum Gasteiger partial charge on any atom is -0.474 e. The summed E-state index contributed by atoms with van der Waals surface area (Å²) in [4.78, 5) is 32.7. The van der Waals surface area contributed by atoms with E-state index in [1.807, 2.05) is 0 Å². The van der Waals surface area contributed by atoms with Gasteiger partial charge in [0, 0.05) is 27.1 Å². The molecule has 0 aromatic carbocycles. The van der Waals surface area contributed by atoms with Gasteiger partial charge in [-0.15, -0.1) is 0 Å². The first-order chi connectivity index (χ1) is 5.95. The second-order valence-corrected chi connectivity index (χ2v) is 2.60. The lowest BCUT2D eigenvalue weighted by Gasteiger charge is -2.09. The Bertz CT molecular complexity index is 225. The molecule has 0 saturated carbocycles. The Balaban J connectivity index is 3.63. The summed E-state index contributed by atoms with van der Waals surface area (Å²) in [6.07, 6.45) is 0.103.